The van der Waals surface area contributed by atoms with Gasteiger partial charge >= 0.3 is 11.9 Å². The van der Waals surface area contributed by atoms with Crippen molar-refractivity contribution < 1.29 is 42.9 Å². The van der Waals surface area contributed by atoms with E-state index in [0.29, 0.717) is 23.9 Å². The summed E-state index contributed by atoms with van der Waals surface area (Å²) in [6.07, 6.45) is 54.4. The molecule has 0 spiro atoms. The molecule has 0 aromatic rings. The Labute approximate surface area is 400 Å². The maximum Gasteiger partial charge on any atom is 0.306 e. The van der Waals surface area contributed by atoms with E-state index in [1.165, 1.54) is 141 Å². The number of carboxylic acids is 1. The zero-order valence-corrected chi connectivity index (χ0v) is 42.9. The molecule has 0 aromatic carbocycles. The number of nitrogens with zero attached hydrogens (tertiary/aromatic N) is 1. The lowest BCUT2D eigenvalue weighted by atomic mass is 10.0. The smallest absolute Gasteiger partial charge is 0.306 e. The van der Waals surface area contributed by atoms with Crippen LogP contribution in [0.4, 0.5) is 0 Å². The van der Waals surface area contributed by atoms with Crippen LogP contribution in [-0.4, -0.2) is 82.3 Å². The fraction of sp³-hybridized carbons (Fsp3) is 0.804. The van der Waals surface area contributed by atoms with E-state index in [1.807, 2.05) is 21.1 Å². The van der Waals surface area contributed by atoms with Crippen LogP contribution in [0, 0.1) is 0 Å². The van der Waals surface area contributed by atoms with Crippen LogP contribution < -0.4 is 5.11 Å². The summed E-state index contributed by atoms with van der Waals surface area (Å²) in [6.45, 7) is 4.65. The number of carbonyl (C=O) groups is 3. The van der Waals surface area contributed by atoms with Gasteiger partial charge in [0.15, 0.2) is 12.4 Å². The fourth-order valence-electron chi connectivity index (χ4n) is 7.47. The zero-order valence-electron chi connectivity index (χ0n) is 42.9. The highest BCUT2D eigenvalue weighted by molar-refractivity contribution is 5.70. The number of hydrogen-bond acceptors (Lipinski definition) is 8. The van der Waals surface area contributed by atoms with Crippen molar-refractivity contribution in [2.75, 3.05) is 47.5 Å². The van der Waals surface area contributed by atoms with Crippen molar-refractivity contribution in [3.8, 4) is 0 Å². The van der Waals surface area contributed by atoms with Gasteiger partial charge in [0.05, 0.1) is 40.3 Å². The number of quaternary nitrogens is 1. The summed E-state index contributed by atoms with van der Waals surface area (Å²) >= 11 is 0. The summed E-state index contributed by atoms with van der Waals surface area (Å²) < 4.78 is 22.6. The number of esters is 2. The molecule has 0 aliphatic heterocycles. The average Bonchev–Trinajstić information content (AvgIpc) is 3.27. The molecule has 0 rings (SSSR count). The molecule has 0 aromatic heterocycles. The monoisotopic (exact) mass is 916 g/mol. The number of unbranched alkanes of at least 4 members (excludes halogenated alkanes) is 26. The van der Waals surface area contributed by atoms with Crippen LogP contribution in [0.2, 0.25) is 0 Å². The standard InChI is InChI=1S/C56H101NO8/c1-6-8-10-12-14-16-18-20-21-22-23-24-25-26-27-28-29-30-31-32-33-35-37-39-41-43-45-47-54(59)65-52(51-64-56(55(60)61)62-49-48-57(3,4)5)50-63-53(58)46-44-42-40-38-36-34-19-17-15-13-11-9-7-2/h8,10,14,16,20-21,23-24,52,56H,6-7,9,11-13,15,17-19,22,25-51H2,1-5H3/b10-8-,16-14-,21-20-,24-23-. The van der Waals surface area contributed by atoms with Gasteiger partial charge in [-0.3, -0.25) is 9.59 Å². The predicted octanol–water partition coefficient (Wildman–Crippen LogP) is 13.8. The van der Waals surface area contributed by atoms with Crippen molar-refractivity contribution in [1.29, 1.82) is 0 Å². The van der Waals surface area contributed by atoms with Crippen LogP contribution in [0.1, 0.15) is 232 Å². The van der Waals surface area contributed by atoms with Gasteiger partial charge in [0.25, 0.3) is 0 Å². The van der Waals surface area contributed by atoms with Crippen molar-refractivity contribution in [2.45, 2.75) is 245 Å². The van der Waals surface area contributed by atoms with E-state index >= 15 is 0 Å². The van der Waals surface area contributed by atoms with E-state index in [-0.39, 0.29) is 32.2 Å². The zero-order chi connectivity index (χ0) is 47.7. The number of rotatable bonds is 49. The Morgan fingerprint density at radius 2 is 0.877 bits per heavy atom. The molecule has 0 heterocycles. The summed E-state index contributed by atoms with van der Waals surface area (Å²) in [7, 11) is 5.92. The van der Waals surface area contributed by atoms with Gasteiger partial charge in [-0.05, 0) is 51.4 Å². The Morgan fingerprint density at radius 3 is 1.31 bits per heavy atom. The third-order valence-corrected chi connectivity index (χ3v) is 11.6. The van der Waals surface area contributed by atoms with Gasteiger partial charge in [-0.15, -0.1) is 0 Å². The summed E-state index contributed by atoms with van der Waals surface area (Å²) in [4.78, 5) is 37.1. The number of carbonyl (C=O) groups excluding carboxylic acids is 3. The number of ether oxygens (including phenoxy) is 4. The van der Waals surface area contributed by atoms with Crippen LogP contribution in [0.25, 0.3) is 0 Å². The van der Waals surface area contributed by atoms with Crippen molar-refractivity contribution in [2.24, 2.45) is 0 Å². The molecule has 0 radical (unpaired) electrons. The molecular weight excluding hydrogens is 815 g/mol. The van der Waals surface area contributed by atoms with E-state index < -0.39 is 24.3 Å². The number of hydrogen-bond donors (Lipinski definition) is 0. The molecule has 0 amide bonds. The summed E-state index contributed by atoms with van der Waals surface area (Å²) in [5, 5.41) is 11.7. The van der Waals surface area contributed by atoms with Gasteiger partial charge < -0.3 is 33.3 Å². The van der Waals surface area contributed by atoms with Gasteiger partial charge in [0.1, 0.15) is 13.2 Å². The van der Waals surface area contributed by atoms with Gasteiger partial charge in [0.2, 0.25) is 0 Å². The molecule has 0 saturated carbocycles. The van der Waals surface area contributed by atoms with E-state index in [1.54, 1.807) is 0 Å². The largest absolute Gasteiger partial charge is 0.545 e. The van der Waals surface area contributed by atoms with E-state index in [9.17, 15) is 19.5 Å². The normalized spacial score (nSPS) is 13.2. The molecular formula is C56H101NO8. The Balaban J connectivity index is 4.20. The van der Waals surface area contributed by atoms with Crippen LogP contribution in [0.5, 0.6) is 0 Å². The Kier molecular flexibility index (Phi) is 45.7. The second-order valence-electron chi connectivity index (χ2n) is 19.1. The minimum absolute atomic E-state index is 0.148. The predicted molar refractivity (Wildman–Crippen MR) is 269 cm³/mol. The first-order valence-electron chi connectivity index (χ1n) is 26.8. The lowest BCUT2D eigenvalue weighted by Gasteiger charge is -2.26. The molecule has 9 nitrogen and oxygen atoms in total. The maximum absolute atomic E-state index is 12.8. The van der Waals surface area contributed by atoms with Gasteiger partial charge in [0, 0.05) is 12.8 Å². The molecule has 378 valence electrons. The molecule has 0 saturated heterocycles. The molecule has 2 atom stereocenters. The third-order valence-electron chi connectivity index (χ3n) is 11.6. The molecule has 0 bridgehead atoms. The second kappa shape index (κ2) is 47.7. The quantitative estimate of drug-likeness (QED) is 0.0195. The van der Waals surface area contributed by atoms with Gasteiger partial charge in [-0.2, -0.15) is 0 Å². The molecule has 0 aliphatic carbocycles. The summed E-state index contributed by atoms with van der Waals surface area (Å²) in [5.41, 5.74) is 0. The Bertz CT molecular complexity index is 1210. The Morgan fingerprint density at radius 1 is 0.477 bits per heavy atom. The number of aliphatic carboxylic acids is 1. The third kappa shape index (κ3) is 49.0. The highest BCUT2D eigenvalue weighted by atomic mass is 16.7. The number of allylic oxidation sites excluding steroid dienone is 8. The molecule has 65 heavy (non-hydrogen) atoms. The Hall–Kier alpha value is -2.75. The van der Waals surface area contributed by atoms with Crippen LogP contribution >= 0.6 is 0 Å². The highest BCUT2D eigenvalue weighted by Crippen LogP contribution is 2.16. The topological polar surface area (TPSA) is 111 Å². The lowest BCUT2D eigenvalue weighted by molar-refractivity contribution is -0.870. The van der Waals surface area contributed by atoms with Crippen LogP contribution in [0.15, 0.2) is 48.6 Å². The maximum atomic E-state index is 12.8. The molecule has 0 aliphatic rings. The summed E-state index contributed by atoms with van der Waals surface area (Å²) in [5.74, 6) is -2.27. The first-order chi connectivity index (χ1) is 31.6. The van der Waals surface area contributed by atoms with Gasteiger partial charge in [-0.1, -0.05) is 217 Å². The number of carboxylic acid groups (broad SMARTS) is 1. The second-order valence-corrected chi connectivity index (χ2v) is 19.1. The van der Waals surface area contributed by atoms with Crippen molar-refractivity contribution in [3.63, 3.8) is 0 Å². The van der Waals surface area contributed by atoms with Crippen LogP contribution in [0.3, 0.4) is 0 Å². The summed E-state index contributed by atoms with van der Waals surface area (Å²) in [6, 6.07) is 0. The van der Waals surface area contributed by atoms with Crippen molar-refractivity contribution >= 4 is 17.9 Å². The molecule has 0 N–H and O–H groups in total. The molecule has 0 fully saturated rings. The van der Waals surface area contributed by atoms with Gasteiger partial charge in [-0.25, -0.2) is 0 Å². The SMILES string of the molecule is CC/C=C\C/C=C\C/C=C\C/C=C\CCCCCCCCCCCCCCCCC(=O)OC(COC(=O)CCCCCCCCCCCCCCC)COC(OCC[N+](C)(C)C)C(=O)[O-]. The van der Waals surface area contributed by atoms with Crippen LogP contribution in [-0.2, 0) is 33.3 Å². The average molecular weight is 916 g/mol. The molecule has 2 unspecified atom stereocenters. The van der Waals surface area contributed by atoms with Crippen molar-refractivity contribution in [1.82, 2.24) is 0 Å². The van der Waals surface area contributed by atoms with E-state index in [0.717, 1.165) is 57.8 Å². The minimum atomic E-state index is -1.62. The lowest BCUT2D eigenvalue weighted by Crippen LogP contribution is -2.44. The first-order valence-corrected chi connectivity index (χ1v) is 26.8. The van der Waals surface area contributed by atoms with Crippen molar-refractivity contribution in [3.05, 3.63) is 48.6 Å². The number of likely N-dealkylation sites (N-methyl/N-ethyl adjacent to an activating group) is 1. The molecule has 9 heteroatoms. The fourth-order valence-corrected chi connectivity index (χ4v) is 7.47. The minimum Gasteiger partial charge on any atom is -0.545 e. The first kappa shape index (κ1) is 62.2. The highest BCUT2D eigenvalue weighted by Gasteiger charge is 2.22. The van der Waals surface area contributed by atoms with E-state index in [2.05, 4.69) is 62.5 Å². The van der Waals surface area contributed by atoms with E-state index in [4.69, 9.17) is 18.9 Å².